The summed E-state index contributed by atoms with van der Waals surface area (Å²) in [7, 11) is 0. The van der Waals surface area contributed by atoms with Gasteiger partial charge >= 0.3 is 12.1 Å². The predicted octanol–water partition coefficient (Wildman–Crippen LogP) is 4.45. The van der Waals surface area contributed by atoms with Crippen molar-refractivity contribution in [3.63, 3.8) is 0 Å². The molecule has 1 aliphatic carbocycles. The standard InChI is InChI=1S/C22H25NO4/c1-5-9-14(3)20-15(4)16-11-7-8-12-17(16)18(20)13-27-22(26)23-19(10-6-2)21(24)25/h5-9,11-12,18-19H,1-2,10,13H2,3-4H3,(H,23,26)(H,24,25)/b14-9-/t18?,19-/m0/s1. The molecule has 5 heteroatoms. The van der Waals surface area contributed by atoms with Crippen LogP contribution in [-0.2, 0) is 9.53 Å². The molecule has 1 unspecified atom stereocenters. The van der Waals surface area contributed by atoms with Gasteiger partial charge in [0.2, 0.25) is 0 Å². The monoisotopic (exact) mass is 367 g/mol. The fourth-order valence-electron chi connectivity index (χ4n) is 3.45. The predicted molar refractivity (Wildman–Crippen MR) is 106 cm³/mol. The minimum absolute atomic E-state index is 0.106. The molecule has 0 aromatic heterocycles. The zero-order valence-electron chi connectivity index (χ0n) is 15.7. The number of hydrogen-bond acceptors (Lipinski definition) is 3. The summed E-state index contributed by atoms with van der Waals surface area (Å²) >= 11 is 0. The Hall–Kier alpha value is -3.08. The van der Waals surface area contributed by atoms with E-state index in [0.29, 0.717) is 0 Å². The number of carboxylic acid groups (broad SMARTS) is 1. The number of carbonyl (C=O) groups is 2. The average Bonchev–Trinajstić information content (AvgIpc) is 2.92. The van der Waals surface area contributed by atoms with Crippen molar-refractivity contribution in [1.29, 1.82) is 0 Å². The highest BCUT2D eigenvalue weighted by Gasteiger charge is 2.31. The Labute approximate surface area is 159 Å². The molecule has 0 saturated carbocycles. The summed E-state index contributed by atoms with van der Waals surface area (Å²) in [4.78, 5) is 23.3. The number of rotatable bonds is 8. The smallest absolute Gasteiger partial charge is 0.407 e. The number of ether oxygens (including phenoxy) is 1. The van der Waals surface area contributed by atoms with Gasteiger partial charge < -0.3 is 15.2 Å². The quantitative estimate of drug-likeness (QED) is 0.526. The summed E-state index contributed by atoms with van der Waals surface area (Å²) in [6.07, 6.45) is 4.48. The van der Waals surface area contributed by atoms with Crippen molar-refractivity contribution in [2.45, 2.75) is 32.2 Å². The van der Waals surface area contributed by atoms with Crippen LogP contribution in [-0.4, -0.2) is 29.8 Å². The largest absolute Gasteiger partial charge is 0.480 e. The molecule has 1 aromatic rings. The number of carbonyl (C=O) groups excluding carboxylic acids is 1. The van der Waals surface area contributed by atoms with E-state index in [4.69, 9.17) is 9.84 Å². The van der Waals surface area contributed by atoms with E-state index in [9.17, 15) is 9.59 Å². The molecular formula is C22H25NO4. The molecule has 0 bridgehead atoms. The number of benzene rings is 1. The van der Waals surface area contributed by atoms with E-state index in [0.717, 1.165) is 27.8 Å². The van der Waals surface area contributed by atoms with Gasteiger partial charge in [0.1, 0.15) is 12.6 Å². The third-order valence-corrected chi connectivity index (χ3v) is 4.66. The molecule has 2 atom stereocenters. The van der Waals surface area contributed by atoms with Crippen LogP contribution in [0.25, 0.3) is 5.57 Å². The van der Waals surface area contributed by atoms with Crippen molar-refractivity contribution in [2.75, 3.05) is 6.61 Å². The van der Waals surface area contributed by atoms with Crippen molar-refractivity contribution in [2.24, 2.45) is 0 Å². The average molecular weight is 367 g/mol. The van der Waals surface area contributed by atoms with E-state index in [1.807, 2.05) is 31.2 Å². The van der Waals surface area contributed by atoms with Crippen molar-refractivity contribution >= 4 is 17.6 Å². The Kier molecular flexibility index (Phi) is 6.77. The van der Waals surface area contributed by atoms with E-state index < -0.39 is 18.1 Å². The van der Waals surface area contributed by atoms with Crippen LogP contribution in [0.4, 0.5) is 4.79 Å². The molecule has 0 aliphatic heterocycles. The minimum Gasteiger partial charge on any atom is -0.480 e. The maximum atomic E-state index is 12.1. The Morgan fingerprint density at radius 3 is 2.67 bits per heavy atom. The first-order valence-corrected chi connectivity index (χ1v) is 8.77. The number of carboxylic acids is 1. The number of allylic oxidation sites excluding steroid dienone is 4. The Morgan fingerprint density at radius 1 is 1.33 bits per heavy atom. The Balaban J connectivity index is 2.19. The van der Waals surface area contributed by atoms with Crippen molar-refractivity contribution < 1.29 is 19.4 Å². The van der Waals surface area contributed by atoms with Crippen LogP contribution >= 0.6 is 0 Å². The zero-order valence-corrected chi connectivity index (χ0v) is 15.7. The first-order chi connectivity index (χ1) is 12.9. The number of alkyl carbamates (subject to hydrolysis) is 1. The van der Waals surface area contributed by atoms with Gasteiger partial charge in [0.25, 0.3) is 0 Å². The molecule has 2 rings (SSSR count). The molecule has 2 N–H and O–H groups in total. The highest BCUT2D eigenvalue weighted by molar-refractivity contribution is 5.82. The molecule has 0 radical (unpaired) electrons. The van der Waals surface area contributed by atoms with Gasteiger partial charge in [-0.05, 0) is 48.1 Å². The van der Waals surface area contributed by atoms with Crippen LogP contribution in [0.2, 0.25) is 0 Å². The Bertz CT molecular complexity index is 819. The topological polar surface area (TPSA) is 75.6 Å². The molecule has 1 aromatic carbocycles. The van der Waals surface area contributed by atoms with E-state index in [-0.39, 0.29) is 18.9 Å². The third-order valence-electron chi connectivity index (χ3n) is 4.66. The van der Waals surface area contributed by atoms with Crippen LogP contribution in [0.1, 0.15) is 37.3 Å². The molecule has 0 saturated heterocycles. The molecule has 0 fully saturated rings. The number of amides is 1. The summed E-state index contributed by atoms with van der Waals surface area (Å²) in [6, 6.07) is 6.96. The van der Waals surface area contributed by atoms with Crippen LogP contribution in [0.15, 0.2) is 66.8 Å². The number of aliphatic carboxylic acids is 1. The normalized spacial score (nSPS) is 17.1. The third kappa shape index (κ3) is 4.56. The fraction of sp³-hybridized carbons (Fsp3) is 0.273. The van der Waals surface area contributed by atoms with Crippen molar-refractivity contribution in [3.8, 4) is 0 Å². The summed E-state index contributed by atoms with van der Waals surface area (Å²) in [5.74, 6) is -1.23. The van der Waals surface area contributed by atoms with Crippen LogP contribution in [0.5, 0.6) is 0 Å². The second-order valence-electron chi connectivity index (χ2n) is 6.42. The number of hydrogen-bond donors (Lipinski definition) is 2. The maximum absolute atomic E-state index is 12.1. The highest BCUT2D eigenvalue weighted by atomic mass is 16.5. The second-order valence-corrected chi connectivity index (χ2v) is 6.42. The molecule has 1 amide bonds. The van der Waals surface area contributed by atoms with Gasteiger partial charge in [-0.25, -0.2) is 9.59 Å². The molecule has 5 nitrogen and oxygen atoms in total. The molecule has 142 valence electrons. The van der Waals surface area contributed by atoms with Crippen LogP contribution in [0, 0.1) is 0 Å². The molecule has 27 heavy (non-hydrogen) atoms. The van der Waals surface area contributed by atoms with Gasteiger partial charge in [-0.2, -0.15) is 0 Å². The van der Waals surface area contributed by atoms with E-state index in [2.05, 4.69) is 31.5 Å². The van der Waals surface area contributed by atoms with Gasteiger partial charge in [-0.3, -0.25) is 0 Å². The van der Waals surface area contributed by atoms with E-state index >= 15 is 0 Å². The van der Waals surface area contributed by atoms with Gasteiger partial charge in [0, 0.05) is 5.92 Å². The van der Waals surface area contributed by atoms with Gasteiger partial charge in [-0.1, -0.05) is 49.1 Å². The summed E-state index contributed by atoms with van der Waals surface area (Å²) in [5, 5.41) is 11.5. The van der Waals surface area contributed by atoms with Gasteiger partial charge in [0.15, 0.2) is 0 Å². The Morgan fingerprint density at radius 2 is 2.04 bits per heavy atom. The van der Waals surface area contributed by atoms with Crippen molar-refractivity contribution in [3.05, 3.63) is 77.9 Å². The summed E-state index contributed by atoms with van der Waals surface area (Å²) in [6.45, 7) is 11.4. The number of fused-ring (bicyclic) bond motifs is 1. The van der Waals surface area contributed by atoms with Gasteiger partial charge in [-0.15, -0.1) is 6.58 Å². The second kappa shape index (κ2) is 9.03. The van der Waals surface area contributed by atoms with Crippen LogP contribution < -0.4 is 5.32 Å². The molecular weight excluding hydrogens is 342 g/mol. The van der Waals surface area contributed by atoms with Crippen molar-refractivity contribution in [1.82, 2.24) is 5.32 Å². The first-order valence-electron chi connectivity index (χ1n) is 8.77. The van der Waals surface area contributed by atoms with Crippen LogP contribution in [0.3, 0.4) is 0 Å². The lowest BCUT2D eigenvalue weighted by molar-refractivity contribution is -0.139. The molecule has 0 heterocycles. The first kappa shape index (κ1) is 20.2. The molecule has 0 spiro atoms. The SMILES string of the molecule is C=C/C=C(/C)C1=C(C)c2ccccc2C1COC(=O)N[C@@H](CC=C)C(=O)O. The number of nitrogens with one attached hydrogen (secondary N) is 1. The summed E-state index contributed by atoms with van der Waals surface area (Å²) in [5.41, 5.74) is 5.53. The lowest BCUT2D eigenvalue weighted by atomic mass is 9.91. The maximum Gasteiger partial charge on any atom is 0.407 e. The molecule has 1 aliphatic rings. The lowest BCUT2D eigenvalue weighted by Crippen LogP contribution is -2.41. The lowest BCUT2D eigenvalue weighted by Gasteiger charge is -2.19. The fourth-order valence-corrected chi connectivity index (χ4v) is 3.45. The summed E-state index contributed by atoms with van der Waals surface area (Å²) < 4.78 is 5.38. The minimum atomic E-state index is -1.13. The van der Waals surface area contributed by atoms with E-state index in [1.54, 1.807) is 6.08 Å². The van der Waals surface area contributed by atoms with Gasteiger partial charge in [0.05, 0.1) is 0 Å². The van der Waals surface area contributed by atoms with E-state index in [1.165, 1.54) is 6.08 Å². The zero-order chi connectivity index (χ0) is 20.0. The highest BCUT2D eigenvalue weighted by Crippen LogP contribution is 2.44.